The molecule has 1 rings (SSSR count). The van der Waals surface area contributed by atoms with Gasteiger partial charge in [0.1, 0.15) is 0 Å². The molecule has 12 heavy (non-hydrogen) atoms. The first-order valence-corrected chi connectivity index (χ1v) is 7.65. The summed E-state index contributed by atoms with van der Waals surface area (Å²) in [7, 11) is 0.865. The first-order valence-electron chi connectivity index (χ1n) is 3.62. The monoisotopic (exact) mass is 230 g/mol. The van der Waals surface area contributed by atoms with Crippen molar-refractivity contribution < 1.29 is 12.6 Å². The van der Waals surface area contributed by atoms with E-state index in [9.17, 15) is 12.6 Å². The van der Waals surface area contributed by atoms with E-state index in [0.29, 0.717) is 25.0 Å². The summed E-state index contributed by atoms with van der Waals surface area (Å²) in [5.74, 6) is 0.423. The van der Waals surface area contributed by atoms with E-state index in [1.165, 1.54) is 0 Å². The summed E-state index contributed by atoms with van der Waals surface area (Å²) >= 11 is 0. The molecule has 1 aliphatic rings. The molecule has 0 radical (unpaired) electrons. The maximum Gasteiger partial charge on any atom is 0.238 e. The Labute approximate surface area is 79.4 Å². The molecule has 0 spiro atoms. The van der Waals surface area contributed by atoms with Crippen molar-refractivity contribution in [1.82, 2.24) is 0 Å². The standard InChI is InChI=1S/C6H11ClO3S2/c1-11(8)5-4-6(2-3-6)12(7,9)10/h2-5H2,1H3. The van der Waals surface area contributed by atoms with Gasteiger partial charge in [-0.3, -0.25) is 4.21 Å². The largest absolute Gasteiger partial charge is 0.260 e. The SMILES string of the molecule is CS(=O)CCC1(S(=O)(=O)Cl)CC1. The third kappa shape index (κ3) is 2.20. The van der Waals surface area contributed by atoms with E-state index < -0.39 is 24.6 Å². The van der Waals surface area contributed by atoms with Gasteiger partial charge in [-0.05, 0) is 19.3 Å². The van der Waals surface area contributed by atoms with Crippen LogP contribution in [0.3, 0.4) is 0 Å². The molecule has 0 amide bonds. The second-order valence-electron chi connectivity index (χ2n) is 3.15. The molecular weight excluding hydrogens is 220 g/mol. The molecule has 0 aromatic rings. The van der Waals surface area contributed by atoms with Crippen LogP contribution in [-0.2, 0) is 19.9 Å². The number of hydrogen-bond donors (Lipinski definition) is 0. The molecule has 6 heteroatoms. The molecule has 1 aliphatic carbocycles. The van der Waals surface area contributed by atoms with E-state index in [1.54, 1.807) is 6.26 Å². The van der Waals surface area contributed by atoms with Gasteiger partial charge in [0.05, 0.1) is 4.75 Å². The topological polar surface area (TPSA) is 51.2 Å². The fourth-order valence-electron chi connectivity index (χ4n) is 1.08. The van der Waals surface area contributed by atoms with Gasteiger partial charge >= 0.3 is 0 Å². The van der Waals surface area contributed by atoms with E-state index in [2.05, 4.69) is 0 Å². The lowest BCUT2D eigenvalue weighted by Gasteiger charge is -2.08. The lowest BCUT2D eigenvalue weighted by molar-refractivity contribution is 0.588. The van der Waals surface area contributed by atoms with E-state index in [0.717, 1.165) is 0 Å². The third-order valence-electron chi connectivity index (χ3n) is 2.17. The number of hydrogen-bond acceptors (Lipinski definition) is 3. The van der Waals surface area contributed by atoms with E-state index in [4.69, 9.17) is 10.7 Å². The molecule has 0 aliphatic heterocycles. The van der Waals surface area contributed by atoms with Crippen molar-refractivity contribution in [2.24, 2.45) is 0 Å². The number of halogens is 1. The summed E-state index contributed by atoms with van der Waals surface area (Å²) < 4.78 is 32.0. The van der Waals surface area contributed by atoms with Gasteiger partial charge < -0.3 is 0 Å². The van der Waals surface area contributed by atoms with Crippen LogP contribution in [0.4, 0.5) is 0 Å². The highest BCUT2D eigenvalue weighted by molar-refractivity contribution is 8.15. The van der Waals surface area contributed by atoms with Crippen LogP contribution in [0, 0.1) is 0 Å². The Kier molecular flexibility index (Phi) is 2.85. The Morgan fingerprint density at radius 2 is 2.00 bits per heavy atom. The zero-order valence-electron chi connectivity index (χ0n) is 6.75. The summed E-state index contributed by atoms with van der Waals surface area (Å²) in [6, 6.07) is 0. The Morgan fingerprint density at radius 3 is 2.25 bits per heavy atom. The summed E-state index contributed by atoms with van der Waals surface area (Å²) in [6.45, 7) is 0. The summed E-state index contributed by atoms with van der Waals surface area (Å²) in [6.07, 6.45) is 3.24. The first-order chi connectivity index (χ1) is 5.37. The van der Waals surface area contributed by atoms with Crippen molar-refractivity contribution in [3.63, 3.8) is 0 Å². The number of rotatable bonds is 4. The van der Waals surface area contributed by atoms with Crippen LogP contribution in [0.25, 0.3) is 0 Å². The van der Waals surface area contributed by atoms with Crippen LogP contribution in [0.2, 0.25) is 0 Å². The lowest BCUT2D eigenvalue weighted by atomic mass is 10.3. The van der Waals surface area contributed by atoms with Crippen LogP contribution in [0.5, 0.6) is 0 Å². The Balaban J connectivity index is 2.58. The van der Waals surface area contributed by atoms with Crippen molar-refractivity contribution in [2.75, 3.05) is 12.0 Å². The second kappa shape index (κ2) is 3.27. The normalized spacial score (nSPS) is 23.5. The fourth-order valence-corrected chi connectivity index (χ4v) is 3.52. The van der Waals surface area contributed by atoms with Gasteiger partial charge in [-0.15, -0.1) is 0 Å². The molecule has 72 valence electrons. The third-order valence-corrected chi connectivity index (χ3v) is 5.58. The maximum absolute atomic E-state index is 11.0. The van der Waals surface area contributed by atoms with Gasteiger partial charge in [0.2, 0.25) is 9.05 Å². The maximum atomic E-state index is 11.0. The van der Waals surface area contributed by atoms with Gasteiger partial charge in [0, 0.05) is 33.5 Å². The smallest absolute Gasteiger partial charge is 0.238 e. The molecule has 1 unspecified atom stereocenters. The predicted molar refractivity (Wildman–Crippen MR) is 50.3 cm³/mol. The molecule has 0 bridgehead atoms. The van der Waals surface area contributed by atoms with Crippen molar-refractivity contribution in [1.29, 1.82) is 0 Å². The van der Waals surface area contributed by atoms with Crippen LogP contribution >= 0.6 is 10.7 Å². The zero-order chi connectivity index (χ0) is 9.41. The Bertz CT molecular complexity index is 292. The molecule has 0 N–H and O–H groups in total. The van der Waals surface area contributed by atoms with E-state index in [-0.39, 0.29) is 0 Å². The minimum atomic E-state index is -3.45. The second-order valence-corrected chi connectivity index (χ2v) is 7.66. The average Bonchev–Trinajstić information content (AvgIpc) is 2.60. The first kappa shape index (κ1) is 10.5. The minimum absolute atomic E-state index is 0.423. The summed E-state index contributed by atoms with van der Waals surface area (Å²) in [4.78, 5) is 0. The summed E-state index contributed by atoms with van der Waals surface area (Å²) in [5.41, 5.74) is 0. The van der Waals surface area contributed by atoms with Gasteiger partial charge in [-0.1, -0.05) is 0 Å². The van der Waals surface area contributed by atoms with Crippen molar-refractivity contribution in [2.45, 2.75) is 24.0 Å². The highest BCUT2D eigenvalue weighted by Gasteiger charge is 2.53. The van der Waals surface area contributed by atoms with Gasteiger partial charge in [-0.2, -0.15) is 0 Å². The highest BCUT2D eigenvalue weighted by atomic mass is 35.7. The fraction of sp³-hybridized carbons (Fsp3) is 1.00. The van der Waals surface area contributed by atoms with Gasteiger partial charge in [-0.25, -0.2) is 8.42 Å². The Hall–Kier alpha value is 0.390. The minimum Gasteiger partial charge on any atom is -0.260 e. The van der Waals surface area contributed by atoms with Crippen molar-refractivity contribution in [3.05, 3.63) is 0 Å². The molecule has 3 nitrogen and oxygen atoms in total. The summed E-state index contributed by atoms with van der Waals surface area (Å²) in [5, 5.41) is 0. The quantitative estimate of drug-likeness (QED) is 0.673. The van der Waals surface area contributed by atoms with Gasteiger partial charge in [0.15, 0.2) is 0 Å². The molecular formula is C6H11ClO3S2. The molecule has 1 saturated carbocycles. The predicted octanol–water partition coefficient (Wildman–Crippen LogP) is 0.856. The molecule has 1 atom stereocenters. The van der Waals surface area contributed by atoms with Gasteiger partial charge in [0.25, 0.3) is 0 Å². The molecule has 0 heterocycles. The van der Waals surface area contributed by atoms with Crippen LogP contribution in [-0.4, -0.2) is 29.4 Å². The van der Waals surface area contributed by atoms with Crippen LogP contribution in [0.1, 0.15) is 19.3 Å². The van der Waals surface area contributed by atoms with E-state index >= 15 is 0 Å². The molecule has 0 saturated heterocycles. The highest BCUT2D eigenvalue weighted by Crippen LogP contribution is 2.48. The average molecular weight is 231 g/mol. The molecule has 0 aromatic heterocycles. The lowest BCUT2D eigenvalue weighted by Crippen LogP contribution is -2.20. The molecule has 0 aromatic carbocycles. The van der Waals surface area contributed by atoms with Crippen LogP contribution < -0.4 is 0 Å². The van der Waals surface area contributed by atoms with E-state index in [1.807, 2.05) is 0 Å². The van der Waals surface area contributed by atoms with Crippen molar-refractivity contribution >= 4 is 30.5 Å². The Morgan fingerprint density at radius 1 is 1.50 bits per heavy atom. The van der Waals surface area contributed by atoms with Crippen LogP contribution in [0.15, 0.2) is 0 Å². The zero-order valence-corrected chi connectivity index (χ0v) is 9.14. The van der Waals surface area contributed by atoms with Crippen molar-refractivity contribution in [3.8, 4) is 0 Å². The molecule has 1 fully saturated rings.